The lowest BCUT2D eigenvalue weighted by atomic mass is 9.91. The Morgan fingerprint density at radius 1 is 1.40 bits per heavy atom. The average molecular weight is 269 g/mol. The van der Waals surface area contributed by atoms with Gasteiger partial charge in [0.15, 0.2) is 0 Å². The van der Waals surface area contributed by atoms with E-state index in [0.717, 1.165) is 22.7 Å². The summed E-state index contributed by atoms with van der Waals surface area (Å²) in [6.07, 6.45) is 4.08. The van der Waals surface area contributed by atoms with Gasteiger partial charge in [-0.05, 0) is 43.7 Å². The first kappa shape index (κ1) is 11.0. The van der Waals surface area contributed by atoms with Crippen LogP contribution in [0.15, 0.2) is 22.7 Å². The van der Waals surface area contributed by atoms with Gasteiger partial charge in [-0.25, -0.2) is 0 Å². The molecule has 2 rings (SSSR count). The number of benzene rings is 1. The van der Waals surface area contributed by atoms with E-state index in [2.05, 4.69) is 40.0 Å². The highest BCUT2D eigenvalue weighted by molar-refractivity contribution is 9.10. The van der Waals surface area contributed by atoms with Gasteiger partial charge in [-0.2, -0.15) is 0 Å². The number of rotatable bonds is 3. The normalized spacial score (nSPS) is 16.7. The van der Waals surface area contributed by atoms with E-state index in [1.165, 1.54) is 24.8 Å². The van der Waals surface area contributed by atoms with Crippen molar-refractivity contribution in [1.29, 1.82) is 0 Å². The molecule has 0 amide bonds. The predicted molar refractivity (Wildman–Crippen MR) is 67.7 cm³/mol. The van der Waals surface area contributed by atoms with Crippen LogP contribution in [0, 0.1) is 0 Å². The molecular formula is C12H17BrN2. The SMILES string of the molecule is CN(Cc1cc(N)cc(Br)c1)C1CCC1. The molecule has 0 atom stereocenters. The fourth-order valence-electron chi connectivity index (χ4n) is 2.01. The number of hydrogen-bond donors (Lipinski definition) is 1. The number of nitrogen functional groups attached to an aromatic ring is 1. The summed E-state index contributed by atoms with van der Waals surface area (Å²) in [7, 11) is 2.20. The Labute approximate surface area is 99.6 Å². The zero-order valence-corrected chi connectivity index (χ0v) is 10.6. The third kappa shape index (κ3) is 2.73. The molecule has 3 heteroatoms. The van der Waals surface area contributed by atoms with Gasteiger partial charge in [0.2, 0.25) is 0 Å². The van der Waals surface area contributed by atoms with Crippen molar-refractivity contribution in [1.82, 2.24) is 4.90 Å². The molecule has 0 saturated heterocycles. The molecule has 0 heterocycles. The minimum Gasteiger partial charge on any atom is -0.399 e. The summed E-state index contributed by atoms with van der Waals surface area (Å²) in [6.45, 7) is 0.994. The molecule has 1 aromatic carbocycles. The minimum absolute atomic E-state index is 0.783. The lowest BCUT2D eigenvalue weighted by molar-refractivity contribution is 0.152. The third-order valence-corrected chi connectivity index (χ3v) is 3.57. The van der Waals surface area contributed by atoms with Crippen molar-refractivity contribution < 1.29 is 0 Å². The lowest BCUT2D eigenvalue weighted by Gasteiger charge is -2.34. The molecular weight excluding hydrogens is 252 g/mol. The Morgan fingerprint density at radius 3 is 2.67 bits per heavy atom. The highest BCUT2D eigenvalue weighted by atomic mass is 79.9. The second kappa shape index (κ2) is 4.54. The van der Waals surface area contributed by atoms with E-state index in [1.54, 1.807) is 0 Å². The van der Waals surface area contributed by atoms with E-state index >= 15 is 0 Å². The van der Waals surface area contributed by atoms with Gasteiger partial charge in [0.05, 0.1) is 0 Å². The summed E-state index contributed by atoms with van der Waals surface area (Å²) in [5.41, 5.74) is 7.93. The monoisotopic (exact) mass is 268 g/mol. The molecule has 0 spiro atoms. The third-order valence-electron chi connectivity index (χ3n) is 3.11. The van der Waals surface area contributed by atoms with Crippen LogP contribution in [0.1, 0.15) is 24.8 Å². The summed E-state index contributed by atoms with van der Waals surface area (Å²) in [4.78, 5) is 2.42. The van der Waals surface area contributed by atoms with Gasteiger partial charge in [-0.3, -0.25) is 4.90 Å². The number of nitrogens with zero attached hydrogens (tertiary/aromatic N) is 1. The van der Waals surface area contributed by atoms with Crippen molar-refractivity contribution in [2.75, 3.05) is 12.8 Å². The van der Waals surface area contributed by atoms with Crippen LogP contribution in [0.4, 0.5) is 5.69 Å². The van der Waals surface area contributed by atoms with E-state index < -0.39 is 0 Å². The summed E-state index contributed by atoms with van der Waals surface area (Å²) in [6, 6.07) is 6.92. The van der Waals surface area contributed by atoms with Crippen LogP contribution in [-0.2, 0) is 6.54 Å². The number of hydrogen-bond acceptors (Lipinski definition) is 2. The molecule has 1 aliphatic rings. The fraction of sp³-hybridized carbons (Fsp3) is 0.500. The van der Waals surface area contributed by atoms with Gasteiger partial charge in [0.25, 0.3) is 0 Å². The Morgan fingerprint density at radius 2 is 2.13 bits per heavy atom. The Balaban J connectivity index is 2.02. The zero-order valence-electron chi connectivity index (χ0n) is 9.04. The molecule has 82 valence electrons. The van der Waals surface area contributed by atoms with Crippen LogP contribution in [-0.4, -0.2) is 18.0 Å². The van der Waals surface area contributed by atoms with Gasteiger partial charge in [0, 0.05) is 22.7 Å². The topological polar surface area (TPSA) is 29.3 Å². The Kier molecular flexibility index (Phi) is 3.32. The van der Waals surface area contributed by atoms with E-state index in [9.17, 15) is 0 Å². The molecule has 1 fully saturated rings. The highest BCUT2D eigenvalue weighted by Gasteiger charge is 2.21. The second-order valence-corrected chi connectivity index (χ2v) is 5.31. The molecule has 0 aromatic heterocycles. The maximum absolute atomic E-state index is 5.81. The van der Waals surface area contributed by atoms with E-state index in [0.29, 0.717) is 0 Å². The quantitative estimate of drug-likeness (QED) is 0.855. The van der Waals surface area contributed by atoms with Crippen LogP contribution >= 0.6 is 15.9 Å². The van der Waals surface area contributed by atoms with Gasteiger partial charge in [-0.15, -0.1) is 0 Å². The molecule has 0 radical (unpaired) electrons. The summed E-state index contributed by atoms with van der Waals surface area (Å²) < 4.78 is 1.07. The molecule has 1 aromatic rings. The van der Waals surface area contributed by atoms with Crippen molar-refractivity contribution in [3.63, 3.8) is 0 Å². The van der Waals surface area contributed by atoms with Crippen molar-refractivity contribution >= 4 is 21.6 Å². The smallest absolute Gasteiger partial charge is 0.0328 e. The molecule has 1 aliphatic carbocycles. The molecule has 0 bridgehead atoms. The lowest BCUT2D eigenvalue weighted by Crippen LogP contribution is -2.36. The first-order chi connectivity index (χ1) is 7.15. The summed E-state index contributed by atoms with van der Waals surface area (Å²) >= 11 is 3.47. The number of halogens is 1. The van der Waals surface area contributed by atoms with Gasteiger partial charge < -0.3 is 5.73 Å². The van der Waals surface area contributed by atoms with E-state index in [4.69, 9.17) is 5.73 Å². The maximum atomic E-state index is 5.81. The Bertz CT molecular complexity index is 327. The molecule has 2 nitrogen and oxygen atoms in total. The van der Waals surface area contributed by atoms with Crippen LogP contribution in [0.3, 0.4) is 0 Å². The molecule has 2 N–H and O–H groups in total. The molecule has 15 heavy (non-hydrogen) atoms. The minimum atomic E-state index is 0.783. The predicted octanol–water partition coefficient (Wildman–Crippen LogP) is 3.02. The largest absolute Gasteiger partial charge is 0.399 e. The van der Waals surface area contributed by atoms with Gasteiger partial charge in [0.1, 0.15) is 0 Å². The van der Waals surface area contributed by atoms with Gasteiger partial charge in [-0.1, -0.05) is 22.4 Å². The standard InChI is InChI=1S/C12H17BrN2/c1-15(12-3-2-4-12)8-9-5-10(13)7-11(14)6-9/h5-7,12H,2-4,8,14H2,1H3. The number of nitrogens with two attached hydrogens (primary N) is 1. The van der Waals surface area contributed by atoms with Crippen molar-refractivity contribution in [3.05, 3.63) is 28.2 Å². The summed E-state index contributed by atoms with van der Waals surface area (Å²) in [5, 5.41) is 0. The highest BCUT2D eigenvalue weighted by Crippen LogP contribution is 2.26. The average Bonchev–Trinajstić information content (AvgIpc) is 1.96. The summed E-state index contributed by atoms with van der Waals surface area (Å²) in [5.74, 6) is 0. The first-order valence-corrected chi connectivity index (χ1v) is 6.19. The van der Waals surface area contributed by atoms with Crippen LogP contribution in [0.5, 0.6) is 0 Å². The molecule has 0 unspecified atom stereocenters. The molecule has 1 saturated carbocycles. The van der Waals surface area contributed by atoms with Crippen molar-refractivity contribution in [2.45, 2.75) is 31.8 Å². The fourth-order valence-corrected chi connectivity index (χ4v) is 2.57. The van der Waals surface area contributed by atoms with Crippen molar-refractivity contribution in [3.8, 4) is 0 Å². The van der Waals surface area contributed by atoms with Crippen LogP contribution in [0.2, 0.25) is 0 Å². The second-order valence-electron chi connectivity index (χ2n) is 4.39. The van der Waals surface area contributed by atoms with E-state index in [1.807, 2.05) is 6.07 Å². The van der Waals surface area contributed by atoms with Crippen LogP contribution in [0.25, 0.3) is 0 Å². The zero-order chi connectivity index (χ0) is 10.8. The molecule has 0 aliphatic heterocycles. The van der Waals surface area contributed by atoms with E-state index in [-0.39, 0.29) is 0 Å². The number of anilines is 1. The van der Waals surface area contributed by atoms with Crippen LogP contribution < -0.4 is 5.73 Å². The first-order valence-electron chi connectivity index (χ1n) is 5.40. The van der Waals surface area contributed by atoms with Gasteiger partial charge >= 0.3 is 0 Å². The Hall–Kier alpha value is -0.540. The maximum Gasteiger partial charge on any atom is 0.0328 e. The van der Waals surface area contributed by atoms with Crippen molar-refractivity contribution in [2.24, 2.45) is 0 Å².